The first-order valence-electron chi connectivity index (χ1n) is 7.02. The van der Waals surface area contributed by atoms with E-state index in [0.717, 1.165) is 11.5 Å². The fourth-order valence-electron chi connectivity index (χ4n) is 2.19. The zero-order chi connectivity index (χ0) is 16.3. The van der Waals surface area contributed by atoms with Crippen LogP contribution in [0, 0.1) is 5.82 Å². The van der Waals surface area contributed by atoms with Crippen LogP contribution in [0.4, 0.5) is 4.39 Å². The number of rotatable bonds is 5. The minimum absolute atomic E-state index is 0.288. The first-order chi connectivity index (χ1) is 11.0. The number of halogens is 1. The molecule has 1 heterocycles. The normalized spacial score (nSPS) is 15.7. The van der Waals surface area contributed by atoms with Gasteiger partial charge < -0.3 is 4.18 Å². The molecule has 122 valence electrons. The lowest BCUT2D eigenvalue weighted by molar-refractivity contribution is 0.485. The summed E-state index contributed by atoms with van der Waals surface area (Å²) in [4.78, 5) is 0. The third-order valence-corrected chi connectivity index (χ3v) is 7.49. The van der Waals surface area contributed by atoms with Crippen molar-refractivity contribution in [1.29, 1.82) is 0 Å². The molecule has 3 rings (SSSR count). The predicted octanol–water partition coefficient (Wildman–Crippen LogP) is 4.21. The van der Waals surface area contributed by atoms with Crippen molar-refractivity contribution in [2.45, 2.75) is 10.3 Å². The molecule has 0 radical (unpaired) electrons. The zero-order valence-corrected chi connectivity index (χ0v) is 14.6. The molecule has 3 nitrogen and oxygen atoms in total. The van der Waals surface area contributed by atoms with Crippen LogP contribution in [0.1, 0.15) is 15.7 Å². The average Bonchev–Trinajstić information content (AvgIpc) is 3.04. The van der Waals surface area contributed by atoms with E-state index in [-0.39, 0.29) is 5.75 Å². The summed E-state index contributed by atoms with van der Waals surface area (Å²) in [6.07, 6.45) is 0. The number of thioether (sulfide) groups is 2. The monoisotopic (exact) mass is 370 g/mol. The Kier molecular flexibility index (Phi) is 5.18. The maximum atomic E-state index is 12.8. The van der Waals surface area contributed by atoms with E-state index in [1.807, 2.05) is 35.7 Å². The van der Waals surface area contributed by atoms with E-state index < -0.39 is 15.9 Å². The van der Waals surface area contributed by atoms with Gasteiger partial charge in [-0.15, -0.1) is 23.5 Å². The molecular formula is C16H15FO3S3. The molecular weight excluding hydrogens is 355 g/mol. The van der Waals surface area contributed by atoms with Gasteiger partial charge in [-0.05, 0) is 35.4 Å². The van der Waals surface area contributed by atoms with Gasteiger partial charge in [0.2, 0.25) is 0 Å². The van der Waals surface area contributed by atoms with Crippen molar-refractivity contribution in [3.63, 3.8) is 0 Å². The number of benzene rings is 2. The number of hydrogen-bond donors (Lipinski definition) is 0. The van der Waals surface area contributed by atoms with Gasteiger partial charge >= 0.3 is 10.1 Å². The molecule has 0 bridgehead atoms. The van der Waals surface area contributed by atoms with Crippen LogP contribution in [0.2, 0.25) is 0 Å². The van der Waals surface area contributed by atoms with E-state index in [1.165, 1.54) is 29.8 Å². The lowest BCUT2D eigenvalue weighted by Crippen LogP contribution is -2.12. The molecule has 1 saturated heterocycles. The smallest absolute Gasteiger partial charge is 0.313 e. The summed E-state index contributed by atoms with van der Waals surface area (Å²) in [5, 5.41) is 0. The molecule has 1 aliphatic heterocycles. The van der Waals surface area contributed by atoms with Crippen molar-refractivity contribution < 1.29 is 17.0 Å². The van der Waals surface area contributed by atoms with Gasteiger partial charge in [-0.25, -0.2) is 4.39 Å². The third-order valence-electron chi connectivity index (χ3n) is 3.25. The molecule has 23 heavy (non-hydrogen) atoms. The molecule has 2 aromatic carbocycles. The molecule has 0 aromatic heterocycles. The second-order valence-electron chi connectivity index (χ2n) is 5.05. The van der Waals surface area contributed by atoms with Crippen molar-refractivity contribution in [1.82, 2.24) is 0 Å². The van der Waals surface area contributed by atoms with Crippen LogP contribution >= 0.6 is 23.5 Å². The topological polar surface area (TPSA) is 43.4 Å². The van der Waals surface area contributed by atoms with Crippen molar-refractivity contribution in [3.05, 3.63) is 65.5 Å². The van der Waals surface area contributed by atoms with Crippen molar-refractivity contribution in [3.8, 4) is 5.75 Å². The van der Waals surface area contributed by atoms with Gasteiger partial charge in [0.05, 0.1) is 4.58 Å². The Morgan fingerprint density at radius 3 is 2.22 bits per heavy atom. The van der Waals surface area contributed by atoms with Crippen LogP contribution < -0.4 is 4.18 Å². The van der Waals surface area contributed by atoms with Gasteiger partial charge in [-0.3, -0.25) is 0 Å². The summed E-state index contributed by atoms with van der Waals surface area (Å²) in [6.45, 7) is 0. The fraction of sp³-hybridized carbons (Fsp3) is 0.250. The van der Waals surface area contributed by atoms with Crippen molar-refractivity contribution in [2.24, 2.45) is 0 Å². The van der Waals surface area contributed by atoms with Gasteiger partial charge in [0.1, 0.15) is 17.3 Å². The highest BCUT2D eigenvalue weighted by molar-refractivity contribution is 8.19. The van der Waals surface area contributed by atoms with Crippen LogP contribution in [0.15, 0.2) is 48.5 Å². The summed E-state index contributed by atoms with van der Waals surface area (Å²) in [6, 6.07) is 12.5. The first-order valence-corrected chi connectivity index (χ1v) is 10.7. The molecule has 0 spiro atoms. The Morgan fingerprint density at radius 1 is 1.00 bits per heavy atom. The highest BCUT2D eigenvalue weighted by atomic mass is 32.2. The van der Waals surface area contributed by atoms with Crippen LogP contribution in [0.3, 0.4) is 0 Å². The highest BCUT2D eigenvalue weighted by Crippen LogP contribution is 2.45. The summed E-state index contributed by atoms with van der Waals surface area (Å²) >= 11 is 3.78. The van der Waals surface area contributed by atoms with E-state index in [1.54, 1.807) is 12.1 Å². The third kappa shape index (κ3) is 4.65. The number of hydrogen-bond acceptors (Lipinski definition) is 5. The van der Waals surface area contributed by atoms with Gasteiger partial charge in [0.15, 0.2) is 0 Å². The predicted molar refractivity (Wildman–Crippen MR) is 93.8 cm³/mol. The maximum absolute atomic E-state index is 12.8. The summed E-state index contributed by atoms with van der Waals surface area (Å²) < 4.78 is 42.5. The van der Waals surface area contributed by atoms with Crippen LogP contribution in [-0.4, -0.2) is 19.9 Å². The fourth-order valence-corrected chi connectivity index (χ4v) is 6.12. The lowest BCUT2D eigenvalue weighted by Gasteiger charge is -2.10. The largest absolute Gasteiger partial charge is 0.382 e. The maximum Gasteiger partial charge on any atom is 0.313 e. The zero-order valence-electron chi connectivity index (χ0n) is 12.1. The van der Waals surface area contributed by atoms with E-state index in [2.05, 4.69) is 0 Å². The van der Waals surface area contributed by atoms with Crippen molar-refractivity contribution >= 4 is 33.6 Å². The molecule has 1 aliphatic rings. The Bertz CT molecular complexity index is 752. The Morgan fingerprint density at radius 2 is 1.61 bits per heavy atom. The second-order valence-corrected chi connectivity index (χ2v) is 9.35. The molecule has 0 N–H and O–H groups in total. The van der Waals surface area contributed by atoms with Gasteiger partial charge in [0.25, 0.3) is 0 Å². The molecule has 1 fully saturated rings. The Balaban J connectivity index is 1.66. The summed E-state index contributed by atoms with van der Waals surface area (Å²) in [5.74, 6) is 1.89. The molecule has 0 atom stereocenters. The lowest BCUT2D eigenvalue weighted by atomic mass is 10.2. The summed E-state index contributed by atoms with van der Waals surface area (Å²) in [5.41, 5.74) is 1.66. The standard InChI is InChI=1S/C16H15FO3S3/c17-14-5-1-12(2-6-14)11-23(18,19)20-15-7-3-13(4-8-15)16-21-9-10-22-16/h1-8,16H,9-11H2. The van der Waals surface area contributed by atoms with Gasteiger partial charge in [0, 0.05) is 11.5 Å². The van der Waals surface area contributed by atoms with Crippen LogP contribution in [-0.2, 0) is 15.9 Å². The average molecular weight is 370 g/mol. The molecule has 2 aromatic rings. The van der Waals surface area contributed by atoms with Crippen LogP contribution in [0.25, 0.3) is 0 Å². The second kappa shape index (κ2) is 7.15. The molecule has 0 unspecified atom stereocenters. The van der Waals surface area contributed by atoms with E-state index in [9.17, 15) is 12.8 Å². The quantitative estimate of drug-likeness (QED) is 0.738. The molecule has 0 aliphatic carbocycles. The summed E-state index contributed by atoms with van der Waals surface area (Å²) in [7, 11) is -3.77. The van der Waals surface area contributed by atoms with E-state index in [4.69, 9.17) is 4.18 Å². The van der Waals surface area contributed by atoms with E-state index in [0.29, 0.717) is 15.9 Å². The Labute approximate surface area is 143 Å². The molecule has 7 heteroatoms. The van der Waals surface area contributed by atoms with E-state index >= 15 is 0 Å². The highest BCUT2D eigenvalue weighted by Gasteiger charge is 2.19. The SMILES string of the molecule is O=S(=O)(Cc1ccc(F)cc1)Oc1ccc(C2SCCS2)cc1. The minimum Gasteiger partial charge on any atom is -0.382 e. The molecule has 0 saturated carbocycles. The Hall–Kier alpha value is -1.18. The van der Waals surface area contributed by atoms with Crippen molar-refractivity contribution in [2.75, 3.05) is 11.5 Å². The first kappa shape index (κ1) is 16.7. The minimum atomic E-state index is -3.77. The van der Waals surface area contributed by atoms with Gasteiger partial charge in [-0.2, -0.15) is 8.42 Å². The van der Waals surface area contributed by atoms with Gasteiger partial charge in [-0.1, -0.05) is 24.3 Å². The molecule has 0 amide bonds. The van der Waals surface area contributed by atoms with Crippen LogP contribution in [0.5, 0.6) is 5.75 Å².